The minimum Gasteiger partial charge on any atom is -0.341 e. The Morgan fingerprint density at radius 1 is 1.25 bits per heavy atom. The van der Waals surface area contributed by atoms with Crippen LogP contribution >= 0.6 is 0 Å². The molecule has 4 heteroatoms. The van der Waals surface area contributed by atoms with Gasteiger partial charge in [0.05, 0.1) is 6.04 Å². The quantitative estimate of drug-likeness (QED) is 0.570. The predicted octanol–water partition coefficient (Wildman–Crippen LogP) is 1.84. The molecule has 0 aromatic rings. The molecule has 2 N–H and O–H groups in total. The van der Waals surface area contributed by atoms with Crippen LogP contribution in [0.4, 0.5) is 4.79 Å². The summed E-state index contributed by atoms with van der Waals surface area (Å²) in [5, 5.41) is 5.23. The van der Waals surface area contributed by atoms with Crippen molar-refractivity contribution in [2.45, 2.75) is 51.5 Å². The van der Waals surface area contributed by atoms with Gasteiger partial charge in [0.25, 0.3) is 0 Å². The first-order valence-electron chi connectivity index (χ1n) is 6.06. The van der Waals surface area contributed by atoms with Crippen LogP contribution in [-0.2, 0) is 4.79 Å². The molecule has 0 radical (unpaired) electrons. The van der Waals surface area contributed by atoms with Gasteiger partial charge in [0.15, 0.2) is 0 Å². The molecule has 0 spiro atoms. The monoisotopic (exact) mass is 226 g/mol. The van der Waals surface area contributed by atoms with Gasteiger partial charge in [0, 0.05) is 7.05 Å². The van der Waals surface area contributed by atoms with Crippen molar-refractivity contribution in [3.63, 3.8) is 0 Å². The maximum absolute atomic E-state index is 11.3. The standard InChI is InChI=1S/C12H22N2O2/c1-12(7-5-3-4-6-8-12)10(9-15)14-11(16)13-2/h9-10H,3-8H2,1-2H3,(H2,13,14,16). The number of hydrogen-bond acceptors (Lipinski definition) is 2. The second-order valence-electron chi connectivity index (χ2n) is 4.91. The first-order chi connectivity index (χ1) is 7.62. The van der Waals surface area contributed by atoms with Gasteiger partial charge in [-0.05, 0) is 18.3 Å². The van der Waals surface area contributed by atoms with Gasteiger partial charge in [-0.3, -0.25) is 0 Å². The second kappa shape index (κ2) is 5.87. The van der Waals surface area contributed by atoms with Crippen molar-refractivity contribution in [1.29, 1.82) is 0 Å². The normalized spacial score (nSPS) is 21.6. The maximum atomic E-state index is 11.3. The third-order valence-corrected chi connectivity index (χ3v) is 3.65. The highest BCUT2D eigenvalue weighted by atomic mass is 16.2. The molecular weight excluding hydrogens is 204 g/mol. The zero-order valence-corrected chi connectivity index (χ0v) is 10.2. The molecule has 1 unspecified atom stereocenters. The Kier molecular flexibility index (Phi) is 4.77. The molecule has 0 saturated heterocycles. The highest BCUT2D eigenvalue weighted by Gasteiger charge is 2.35. The molecule has 1 fully saturated rings. The molecule has 16 heavy (non-hydrogen) atoms. The third-order valence-electron chi connectivity index (χ3n) is 3.65. The summed E-state index contributed by atoms with van der Waals surface area (Å²) in [4.78, 5) is 22.4. The molecule has 1 aliphatic rings. The summed E-state index contributed by atoms with van der Waals surface area (Å²) in [6, 6.07) is -0.645. The summed E-state index contributed by atoms with van der Waals surface area (Å²) in [6.07, 6.45) is 7.68. The van der Waals surface area contributed by atoms with Gasteiger partial charge in [0.1, 0.15) is 6.29 Å². The van der Waals surface area contributed by atoms with E-state index in [0.29, 0.717) is 0 Å². The van der Waals surface area contributed by atoms with Crippen LogP contribution in [0.5, 0.6) is 0 Å². The lowest BCUT2D eigenvalue weighted by molar-refractivity contribution is -0.112. The molecule has 0 bridgehead atoms. The molecule has 0 aromatic carbocycles. The van der Waals surface area contributed by atoms with Crippen molar-refractivity contribution in [1.82, 2.24) is 10.6 Å². The summed E-state index contributed by atoms with van der Waals surface area (Å²) < 4.78 is 0. The zero-order chi connectivity index (χ0) is 12.0. The zero-order valence-electron chi connectivity index (χ0n) is 10.2. The van der Waals surface area contributed by atoms with E-state index >= 15 is 0 Å². The van der Waals surface area contributed by atoms with Crippen LogP contribution in [0.2, 0.25) is 0 Å². The van der Waals surface area contributed by atoms with E-state index in [1.165, 1.54) is 12.8 Å². The molecule has 1 atom stereocenters. The minimum atomic E-state index is -0.370. The van der Waals surface area contributed by atoms with E-state index < -0.39 is 0 Å². The smallest absolute Gasteiger partial charge is 0.315 e. The first kappa shape index (κ1) is 13.0. The lowest BCUT2D eigenvalue weighted by Crippen LogP contribution is -2.50. The molecule has 1 aliphatic carbocycles. The molecule has 2 amide bonds. The Balaban J connectivity index is 2.67. The van der Waals surface area contributed by atoms with Crippen LogP contribution in [0.15, 0.2) is 0 Å². The lowest BCUT2D eigenvalue weighted by atomic mass is 9.76. The number of rotatable bonds is 3. The van der Waals surface area contributed by atoms with Crippen LogP contribution < -0.4 is 10.6 Å². The summed E-state index contributed by atoms with van der Waals surface area (Å²) in [6.45, 7) is 2.10. The van der Waals surface area contributed by atoms with Gasteiger partial charge in [-0.2, -0.15) is 0 Å². The van der Waals surface area contributed by atoms with Gasteiger partial charge in [0.2, 0.25) is 0 Å². The van der Waals surface area contributed by atoms with E-state index in [2.05, 4.69) is 17.6 Å². The summed E-state index contributed by atoms with van der Waals surface area (Å²) in [7, 11) is 1.56. The number of aldehydes is 1. The molecule has 0 aromatic heterocycles. The highest BCUT2D eigenvalue weighted by Crippen LogP contribution is 2.36. The lowest BCUT2D eigenvalue weighted by Gasteiger charge is -2.34. The van der Waals surface area contributed by atoms with Crippen molar-refractivity contribution in [3.8, 4) is 0 Å². The average molecular weight is 226 g/mol. The molecule has 4 nitrogen and oxygen atoms in total. The Labute approximate surface area is 97.2 Å². The van der Waals surface area contributed by atoms with E-state index in [1.54, 1.807) is 7.05 Å². The number of urea groups is 1. The second-order valence-corrected chi connectivity index (χ2v) is 4.91. The Hall–Kier alpha value is -1.06. The van der Waals surface area contributed by atoms with Crippen LogP contribution in [0, 0.1) is 5.41 Å². The van der Waals surface area contributed by atoms with E-state index in [9.17, 15) is 9.59 Å². The molecule has 0 aliphatic heterocycles. The van der Waals surface area contributed by atoms with Crippen LogP contribution in [0.1, 0.15) is 45.4 Å². The van der Waals surface area contributed by atoms with Crippen LogP contribution in [0.3, 0.4) is 0 Å². The van der Waals surface area contributed by atoms with Gasteiger partial charge < -0.3 is 15.4 Å². The van der Waals surface area contributed by atoms with Crippen LogP contribution in [0.25, 0.3) is 0 Å². The topological polar surface area (TPSA) is 58.2 Å². The first-order valence-corrected chi connectivity index (χ1v) is 6.06. The van der Waals surface area contributed by atoms with Gasteiger partial charge >= 0.3 is 6.03 Å². The van der Waals surface area contributed by atoms with Crippen molar-refractivity contribution < 1.29 is 9.59 Å². The fraction of sp³-hybridized carbons (Fsp3) is 0.833. The van der Waals surface area contributed by atoms with Crippen molar-refractivity contribution >= 4 is 12.3 Å². The summed E-state index contributed by atoms with van der Waals surface area (Å²) in [5.74, 6) is 0. The Bertz CT molecular complexity index is 245. The van der Waals surface area contributed by atoms with Gasteiger partial charge in [-0.1, -0.05) is 32.6 Å². The minimum absolute atomic E-state index is 0.0786. The Morgan fingerprint density at radius 3 is 2.25 bits per heavy atom. The average Bonchev–Trinajstić information content (AvgIpc) is 2.51. The van der Waals surface area contributed by atoms with Crippen molar-refractivity contribution in [2.75, 3.05) is 7.05 Å². The SMILES string of the molecule is CNC(=O)NC(C=O)C1(C)CCCCCC1. The number of nitrogens with one attached hydrogen (secondary N) is 2. The maximum Gasteiger partial charge on any atom is 0.315 e. The summed E-state index contributed by atoms with van der Waals surface area (Å²) >= 11 is 0. The third kappa shape index (κ3) is 3.22. The summed E-state index contributed by atoms with van der Waals surface area (Å²) in [5.41, 5.74) is -0.0786. The number of amides is 2. The number of carbonyl (C=O) groups is 2. The molecule has 92 valence electrons. The molecule has 1 rings (SSSR count). The molecular formula is C12H22N2O2. The highest BCUT2D eigenvalue weighted by molar-refractivity contribution is 5.78. The largest absolute Gasteiger partial charge is 0.341 e. The van der Waals surface area contributed by atoms with Gasteiger partial charge in [-0.25, -0.2) is 4.79 Å². The fourth-order valence-electron chi connectivity index (χ4n) is 2.43. The van der Waals surface area contributed by atoms with Crippen molar-refractivity contribution in [2.24, 2.45) is 5.41 Å². The predicted molar refractivity (Wildman–Crippen MR) is 63.3 cm³/mol. The fourth-order valence-corrected chi connectivity index (χ4v) is 2.43. The van der Waals surface area contributed by atoms with E-state index in [4.69, 9.17) is 0 Å². The van der Waals surface area contributed by atoms with Crippen molar-refractivity contribution in [3.05, 3.63) is 0 Å². The van der Waals surface area contributed by atoms with E-state index in [-0.39, 0.29) is 17.5 Å². The molecule has 1 saturated carbocycles. The molecule has 0 heterocycles. The number of carbonyl (C=O) groups excluding carboxylic acids is 2. The van der Waals surface area contributed by atoms with E-state index in [1.807, 2.05) is 0 Å². The van der Waals surface area contributed by atoms with E-state index in [0.717, 1.165) is 32.0 Å². The van der Waals surface area contributed by atoms with Crippen LogP contribution in [-0.4, -0.2) is 25.4 Å². The Morgan fingerprint density at radius 2 is 1.81 bits per heavy atom. The number of hydrogen-bond donors (Lipinski definition) is 2. The van der Waals surface area contributed by atoms with Gasteiger partial charge in [-0.15, -0.1) is 0 Å².